The molecule has 3 nitrogen and oxygen atoms in total. The summed E-state index contributed by atoms with van der Waals surface area (Å²) in [6, 6.07) is 0.126. The smallest absolute Gasteiger partial charge is 0.225 e. The number of nitrogens with one attached hydrogen (secondary N) is 1. The summed E-state index contributed by atoms with van der Waals surface area (Å²) < 4.78 is 0. The molecule has 0 saturated carbocycles. The monoisotopic (exact) mass is 255 g/mol. The fourth-order valence-corrected chi connectivity index (χ4v) is 2.51. The summed E-state index contributed by atoms with van der Waals surface area (Å²) in [6.45, 7) is 15.4. The molecule has 106 valence electrons. The lowest BCUT2D eigenvalue weighted by atomic mass is 9.70. The maximum Gasteiger partial charge on any atom is 0.225 e. The first-order valence-electron chi connectivity index (χ1n) is 6.75. The summed E-state index contributed by atoms with van der Waals surface area (Å²) in [6.07, 6.45) is 0.565. The van der Waals surface area contributed by atoms with Crippen LogP contribution in [0.2, 0.25) is 0 Å². The van der Waals surface area contributed by atoms with Gasteiger partial charge in [-0.2, -0.15) is 0 Å². The van der Waals surface area contributed by atoms with Crippen LogP contribution in [0.15, 0.2) is 0 Å². The highest BCUT2D eigenvalue weighted by Crippen LogP contribution is 2.36. The van der Waals surface area contributed by atoms with Crippen LogP contribution in [0.3, 0.4) is 0 Å². The highest BCUT2D eigenvalue weighted by molar-refractivity contribution is 5.88. The van der Waals surface area contributed by atoms with Crippen LogP contribution in [0.5, 0.6) is 0 Å². The zero-order valence-electron chi connectivity index (χ0n) is 13.2. The predicted octanol–water partition coefficient (Wildman–Crippen LogP) is 3.18. The van der Waals surface area contributed by atoms with Crippen molar-refractivity contribution in [1.29, 1.82) is 0 Å². The molecule has 0 atom stereocenters. The lowest BCUT2D eigenvalue weighted by Crippen LogP contribution is -2.44. The van der Waals surface area contributed by atoms with Crippen LogP contribution in [0.4, 0.5) is 0 Å². The number of ketones is 1. The lowest BCUT2D eigenvalue weighted by molar-refractivity contribution is -0.136. The van der Waals surface area contributed by atoms with Crippen molar-refractivity contribution in [2.75, 3.05) is 0 Å². The molecule has 0 bridgehead atoms. The highest BCUT2D eigenvalue weighted by atomic mass is 16.2. The molecule has 0 rings (SSSR count). The van der Waals surface area contributed by atoms with E-state index in [4.69, 9.17) is 0 Å². The molecule has 0 radical (unpaired) electrons. The van der Waals surface area contributed by atoms with Crippen molar-refractivity contribution in [1.82, 2.24) is 5.32 Å². The van der Waals surface area contributed by atoms with Gasteiger partial charge >= 0.3 is 0 Å². The maximum absolute atomic E-state index is 12.2. The molecule has 0 fully saturated rings. The van der Waals surface area contributed by atoms with E-state index in [1.807, 2.05) is 55.4 Å². The van der Waals surface area contributed by atoms with Crippen molar-refractivity contribution in [2.45, 2.75) is 67.9 Å². The van der Waals surface area contributed by atoms with E-state index in [9.17, 15) is 9.59 Å². The Bertz CT molecular complexity index is 314. The number of carbonyl (C=O) groups is 2. The van der Waals surface area contributed by atoms with Gasteiger partial charge in [0.2, 0.25) is 5.91 Å². The number of Topliss-reactive ketones (excluding diaryl/α,β-unsaturated/α-hetero) is 1. The third-order valence-corrected chi connectivity index (χ3v) is 3.11. The standard InChI is InChI=1S/C15H29NO2/c1-10(2)12(17)14(5,6)9-15(7,8)13(18)16-11(3)4/h10-11H,9H2,1-8H3,(H,16,18). The van der Waals surface area contributed by atoms with Gasteiger partial charge in [-0.1, -0.05) is 41.5 Å². The van der Waals surface area contributed by atoms with Gasteiger partial charge in [-0.25, -0.2) is 0 Å². The first-order valence-corrected chi connectivity index (χ1v) is 6.75. The Morgan fingerprint density at radius 2 is 1.39 bits per heavy atom. The highest BCUT2D eigenvalue weighted by Gasteiger charge is 2.39. The van der Waals surface area contributed by atoms with Crippen LogP contribution >= 0.6 is 0 Å². The van der Waals surface area contributed by atoms with Crippen molar-refractivity contribution in [3.05, 3.63) is 0 Å². The average Bonchev–Trinajstić information content (AvgIpc) is 2.13. The molecular weight excluding hydrogens is 226 g/mol. The number of amides is 1. The first-order chi connectivity index (χ1) is 7.90. The second-order valence-electron chi connectivity index (χ2n) is 7.09. The molecule has 1 amide bonds. The zero-order chi connectivity index (χ0) is 14.7. The molecule has 0 unspecified atom stereocenters. The molecule has 0 aromatic rings. The van der Waals surface area contributed by atoms with Crippen LogP contribution < -0.4 is 5.32 Å². The van der Waals surface area contributed by atoms with E-state index in [0.29, 0.717) is 6.42 Å². The average molecular weight is 255 g/mol. The molecule has 0 aromatic carbocycles. The van der Waals surface area contributed by atoms with Crippen molar-refractivity contribution < 1.29 is 9.59 Å². The summed E-state index contributed by atoms with van der Waals surface area (Å²) in [4.78, 5) is 24.3. The van der Waals surface area contributed by atoms with Gasteiger partial charge in [-0.15, -0.1) is 0 Å². The van der Waals surface area contributed by atoms with Crippen LogP contribution in [-0.2, 0) is 9.59 Å². The second-order valence-corrected chi connectivity index (χ2v) is 7.09. The van der Waals surface area contributed by atoms with Crippen molar-refractivity contribution >= 4 is 11.7 Å². The minimum atomic E-state index is -0.529. The van der Waals surface area contributed by atoms with Crippen molar-refractivity contribution in [3.63, 3.8) is 0 Å². The fraction of sp³-hybridized carbons (Fsp3) is 0.867. The van der Waals surface area contributed by atoms with Crippen LogP contribution in [0.1, 0.15) is 61.8 Å². The minimum absolute atomic E-state index is 0.00367. The summed E-state index contributed by atoms with van der Waals surface area (Å²) in [5.74, 6) is 0.235. The van der Waals surface area contributed by atoms with E-state index >= 15 is 0 Å². The maximum atomic E-state index is 12.2. The Labute approximate surface area is 112 Å². The summed E-state index contributed by atoms with van der Waals surface area (Å²) >= 11 is 0. The molecule has 0 spiro atoms. The van der Waals surface area contributed by atoms with Gasteiger partial charge in [0, 0.05) is 22.8 Å². The Morgan fingerprint density at radius 1 is 0.944 bits per heavy atom. The molecule has 0 aliphatic heterocycles. The molecule has 18 heavy (non-hydrogen) atoms. The number of carbonyl (C=O) groups excluding carboxylic acids is 2. The SMILES string of the molecule is CC(C)NC(=O)C(C)(C)CC(C)(C)C(=O)C(C)C. The molecule has 0 aliphatic rings. The summed E-state index contributed by atoms with van der Waals surface area (Å²) in [5, 5.41) is 2.92. The molecule has 1 N–H and O–H groups in total. The summed E-state index contributed by atoms with van der Waals surface area (Å²) in [7, 11) is 0. The molecule has 3 heteroatoms. The van der Waals surface area contributed by atoms with Crippen LogP contribution in [-0.4, -0.2) is 17.7 Å². The molecule has 0 saturated heterocycles. The van der Waals surface area contributed by atoms with E-state index in [1.54, 1.807) is 0 Å². The Morgan fingerprint density at radius 3 is 1.72 bits per heavy atom. The van der Waals surface area contributed by atoms with E-state index in [0.717, 1.165) is 0 Å². The fourth-order valence-electron chi connectivity index (χ4n) is 2.51. The third kappa shape index (κ3) is 4.79. The van der Waals surface area contributed by atoms with Crippen LogP contribution in [0.25, 0.3) is 0 Å². The first kappa shape index (κ1) is 17.1. The van der Waals surface area contributed by atoms with Gasteiger partial charge in [-0.05, 0) is 20.3 Å². The van der Waals surface area contributed by atoms with E-state index in [1.165, 1.54) is 0 Å². The largest absolute Gasteiger partial charge is 0.353 e. The predicted molar refractivity (Wildman–Crippen MR) is 75.3 cm³/mol. The second kappa shape index (κ2) is 5.85. The van der Waals surface area contributed by atoms with Crippen LogP contribution in [0, 0.1) is 16.7 Å². The Kier molecular flexibility index (Phi) is 5.57. The van der Waals surface area contributed by atoms with Crippen molar-refractivity contribution in [2.24, 2.45) is 16.7 Å². The summed E-state index contributed by atoms with van der Waals surface area (Å²) in [5.41, 5.74) is -0.996. The van der Waals surface area contributed by atoms with Gasteiger partial charge in [-0.3, -0.25) is 9.59 Å². The number of rotatable bonds is 6. The third-order valence-electron chi connectivity index (χ3n) is 3.11. The molecular formula is C15H29NO2. The lowest BCUT2D eigenvalue weighted by Gasteiger charge is -2.34. The van der Waals surface area contributed by atoms with Crippen molar-refractivity contribution in [3.8, 4) is 0 Å². The quantitative estimate of drug-likeness (QED) is 0.792. The molecule has 0 heterocycles. The molecule has 0 aromatic heterocycles. The topological polar surface area (TPSA) is 46.2 Å². The van der Waals surface area contributed by atoms with Gasteiger partial charge in [0.05, 0.1) is 0 Å². The Hall–Kier alpha value is -0.860. The van der Waals surface area contributed by atoms with E-state index in [2.05, 4.69) is 5.32 Å². The van der Waals surface area contributed by atoms with Gasteiger partial charge in [0.15, 0.2) is 0 Å². The number of hydrogen-bond donors (Lipinski definition) is 1. The number of hydrogen-bond acceptors (Lipinski definition) is 2. The molecule has 0 aliphatic carbocycles. The Balaban J connectivity index is 4.85. The van der Waals surface area contributed by atoms with Gasteiger partial charge < -0.3 is 5.32 Å². The minimum Gasteiger partial charge on any atom is -0.353 e. The van der Waals surface area contributed by atoms with Gasteiger partial charge in [0.1, 0.15) is 5.78 Å². The normalized spacial score (nSPS) is 13.0. The zero-order valence-corrected chi connectivity index (χ0v) is 13.2. The van der Waals surface area contributed by atoms with E-state index in [-0.39, 0.29) is 23.7 Å². The van der Waals surface area contributed by atoms with E-state index < -0.39 is 10.8 Å². The van der Waals surface area contributed by atoms with Gasteiger partial charge in [0.25, 0.3) is 0 Å².